The van der Waals surface area contributed by atoms with Crippen molar-refractivity contribution in [1.82, 2.24) is 0 Å². The molecule has 0 saturated heterocycles. The summed E-state index contributed by atoms with van der Waals surface area (Å²) < 4.78 is 10.1. The first-order valence-corrected chi connectivity index (χ1v) is 4.43. The van der Waals surface area contributed by atoms with E-state index in [1.165, 1.54) is 13.8 Å². The highest BCUT2D eigenvalue weighted by molar-refractivity contribution is 5.68. The summed E-state index contributed by atoms with van der Waals surface area (Å²) in [6.07, 6.45) is 3.10. The van der Waals surface area contributed by atoms with E-state index in [0.717, 1.165) is 12.8 Å². The molecule has 0 aromatic heterocycles. The Bertz CT molecular complexity index is 198. The third kappa shape index (κ3) is 2.72. The van der Waals surface area contributed by atoms with Gasteiger partial charge in [-0.05, 0) is 12.8 Å². The molecule has 0 aromatic rings. The molecule has 0 amide bonds. The normalized spacial score (nSPS) is 19.5. The second kappa shape index (κ2) is 3.77. The van der Waals surface area contributed by atoms with Crippen LogP contribution in [0, 0.1) is 0 Å². The lowest BCUT2D eigenvalue weighted by Crippen LogP contribution is -2.36. The van der Waals surface area contributed by atoms with Gasteiger partial charge in [0.05, 0.1) is 0 Å². The summed E-state index contributed by atoms with van der Waals surface area (Å²) in [5, 5.41) is 0. The Hall–Kier alpha value is -1.06. The van der Waals surface area contributed by atoms with Crippen molar-refractivity contribution in [2.75, 3.05) is 0 Å². The van der Waals surface area contributed by atoms with Crippen LogP contribution in [0.5, 0.6) is 0 Å². The summed E-state index contributed by atoms with van der Waals surface area (Å²) in [7, 11) is 0. The third-order valence-electron chi connectivity index (χ3n) is 2.02. The molecule has 0 spiro atoms. The fourth-order valence-corrected chi connectivity index (χ4v) is 1.66. The predicted molar refractivity (Wildman–Crippen MR) is 44.7 cm³/mol. The molecular weight excluding hydrogens is 172 g/mol. The van der Waals surface area contributed by atoms with E-state index >= 15 is 0 Å². The lowest BCUT2D eigenvalue weighted by Gasteiger charge is -2.27. The molecule has 1 rings (SSSR count). The summed E-state index contributed by atoms with van der Waals surface area (Å²) in [6, 6.07) is 0. The van der Waals surface area contributed by atoms with Crippen LogP contribution in [0.2, 0.25) is 0 Å². The van der Waals surface area contributed by atoms with Gasteiger partial charge in [0.25, 0.3) is 5.79 Å². The Labute approximate surface area is 77.2 Å². The molecule has 0 unspecified atom stereocenters. The maximum atomic E-state index is 10.8. The van der Waals surface area contributed by atoms with E-state index < -0.39 is 17.7 Å². The Morgan fingerprint density at radius 2 is 1.38 bits per heavy atom. The summed E-state index contributed by atoms with van der Waals surface area (Å²) in [5.74, 6) is -1.76. The molecule has 4 heteroatoms. The Morgan fingerprint density at radius 3 is 1.69 bits per heavy atom. The van der Waals surface area contributed by atoms with E-state index in [1.807, 2.05) is 0 Å². The van der Waals surface area contributed by atoms with E-state index in [1.54, 1.807) is 0 Å². The monoisotopic (exact) mass is 186 g/mol. The van der Waals surface area contributed by atoms with Gasteiger partial charge in [-0.1, -0.05) is 0 Å². The molecule has 0 radical (unpaired) electrons. The fourth-order valence-electron chi connectivity index (χ4n) is 1.66. The number of ether oxygens (including phenoxy) is 2. The molecule has 0 N–H and O–H groups in total. The molecule has 0 aliphatic heterocycles. The second-order valence-corrected chi connectivity index (χ2v) is 3.31. The molecule has 0 aromatic carbocycles. The molecule has 1 aliphatic rings. The first-order chi connectivity index (χ1) is 6.04. The minimum Gasteiger partial charge on any atom is -0.423 e. The van der Waals surface area contributed by atoms with Crippen molar-refractivity contribution in [1.29, 1.82) is 0 Å². The van der Waals surface area contributed by atoms with Crippen molar-refractivity contribution in [3.63, 3.8) is 0 Å². The van der Waals surface area contributed by atoms with Crippen molar-refractivity contribution in [2.24, 2.45) is 0 Å². The molecule has 0 bridgehead atoms. The predicted octanol–water partition coefficient (Wildman–Crippen LogP) is 1.38. The fraction of sp³-hybridized carbons (Fsp3) is 0.778. The van der Waals surface area contributed by atoms with E-state index in [4.69, 9.17) is 9.47 Å². The standard InChI is InChI=1S/C9H14O4/c1-7(10)12-9(13-8(2)11)5-3-4-6-9/h3-6H2,1-2H3. The highest BCUT2D eigenvalue weighted by Crippen LogP contribution is 2.34. The Morgan fingerprint density at radius 1 is 1.00 bits per heavy atom. The number of carbonyl (C=O) groups is 2. The lowest BCUT2D eigenvalue weighted by molar-refractivity contribution is -0.223. The highest BCUT2D eigenvalue weighted by atomic mass is 16.7. The van der Waals surface area contributed by atoms with Crippen LogP contribution in [0.4, 0.5) is 0 Å². The SMILES string of the molecule is CC(=O)OC1(OC(C)=O)CCCC1. The minimum atomic E-state index is -0.961. The first-order valence-electron chi connectivity index (χ1n) is 4.43. The van der Waals surface area contributed by atoms with Gasteiger partial charge < -0.3 is 9.47 Å². The van der Waals surface area contributed by atoms with Crippen LogP contribution in [0.1, 0.15) is 39.5 Å². The van der Waals surface area contributed by atoms with Crippen molar-refractivity contribution in [2.45, 2.75) is 45.3 Å². The number of hydrogen-bond donors (Lipinski definition) is 0. The quantitative estimate of drug-likeness (QED) is 0.483. The number of rotatable bonds is 2. The zero-order valence-electron chi connectivity index (χ0n) is 7.96. The Balaban J connectivity index is 2.62. The van der Waals surface area contributed by atoms with Crippen LogP contribution in [-0.4, -0.2) is 17.7 Å². The van der Waals surface area contributed by atoms with Gasteiger partial charge in [-0.3, -0.25) is 9.59 Å². The van der Waals surface area contributed by atoms with Gasteiger partial charge in [-0.15, -0.1) is 0 Å². The molecular formula is C9H14O4. The zero-order chi connectivity index (χ0) is 9.90. The van der Waals surface area contributed by atoms with E-state index in [0.29, 0.717) is 12.8 Å². The molecule has 0 atom stereocenters. The summed E-state index contributed by atoms with van der Waals surface area (Å²) in [5.41, 5.74) is 0. The molecule has 0 heterocycles. The molecule has 74 valence electrons. The van der Waals surface area contributed by atoms with E-state index in [2.05, 4.69) is 0 Å². The smallest absolute Gasteiger partial charge is 0.305 e. The van der Waals surface area contributed by atoms with Crippen LogP contribution in [0.25, 0.3) is 0 Å². The minimum absolute atomic E-state index is 0.400. The first kappa shape index (κ1) is 10.0. The summed E-state index contributed by atoms with van der Waals surface area (Å²) in [4.78, 5) is 21.5. The second-order valence-electron chi connectivity index (χ2n) is 3.31. The number of hydrogen-bond acceptors (Lipinski definition) is 4. The molecule has 4 nitrogen and oxygen atoms in total. The molecule has 13 heavy (non-hydrogen) atoms. The molecule has 1 fully saturated rings. The van der Waals surface area contributed by atoms with Gasteiger partial charge in [-0.25, -0.2) is 0 Å². The Kier molecular flexibility index (Phi) is 2.90. The zero-order valence-corrected chi connectivity index (χ0v) is 7.96. The van der Waals surface area contributed by atoms with Gasteiger partial charge in [0.1, 0.15) is 0 Å². The van der Waals surface area contributed by atoms with Crippen LogP contribution in [0.15, 0.2) is 0 Å². The van der Waals surface area contributed by atoms with Crippen LogP contribution in [0.3, 0.4) is 0 Å². The van der Waals surface area contributed by atoms with Gasteiger partial charge in [0, 0.05) is 26.7 Å². The van der Waals surface area contributed by atoms with E-state index in [-0.39, 0.29) is 0 Å². The topological polar surface area (TPSA) is 52.6 Å². The van der Waals surface area contributed by atoms with Gasteiger partial charge in [0.15, 0.2) is 0 Å². The van der Waals surface area contributed by atoms with Gasteiger partial charge in [-0.2, -0.15) is 0 Å². The van der Waals surface area contributed by atoms with Crippen molar-refractivity contribution in [3.8, 4) is 0 Å². The summed E-state index contributed by atoms with van der Waals surface area (Å²) >= 11 is 0. The summed E-state index contributed by atoms with van der Waals surface area (Å²) in [6.45, 7) is 2.65. The maximum absolute atomic E-state index is 10.8. The average molecular weight is 186 g/mol. The van der Waals surface area contributed by atoms with Crippen LogP contribution < -0.4 is 0 Å². The van der Waals surface area contributed by atoms with Crippen LogP contribution in [-0.2, 0) is 19.1 Å². The maximum Gasteiger partial charge on any atom is 0.305 e. The van der Waals surface area contributed by atoms with Gasteiger partial charge >= 0.3 is 11.9 Å². The third-order valence-corrected chi connectivity index (χ3v) is 2.02. The highest BCUT2D eigenvalue weighted by Gasteiger charge is 2.40. The van der Waals surface area contributed by atoms with Crippen molar-refractivity contribution < 1.29 is 19.1 Å². The van der Waals surface area contributed by atoms with E-state index in [9.17, 15) is 9.59 Å². The average Bonchev–Trinajstić information content (AvgIpc) is 2.33. The number of carbonyl (C=O) groups excluding carboxylic acids is 2. The van der Waals surface area contributed by atoms with Crippen molar-refractivity contribution in [3.05, 3.63) is 0 Å². The molecule has 1 saturated carbocycles. The number of esters is 2. The van der Waals surface area contributed by atoms with Crippen LogP contribution >= 0.6 is 0 Å². The lowest BCUT2D eigenvalue weighted by atomic mass is 10.2. The van der Waals surface area contributed by atoms with Gasteiger partial charge in [0.2, 0.25) is 0 Å². The molecule has 1 aliphatic carbocycles. The van der Waals surface area contributed by atoms with Crippen molar-refractivity contribution >= 4 is 11.9 Å². The largest absolute Gasteiger partial charge is 0.423 e.